The Kier molecular flexibility index (Phi) is 6.85. The Morgan fingerprint density at radius 2 is 1.88 bits per heavy atom. The van der Waals surface area contributed by atoms with E-state index >= 15 is 0 Å². The quantitative estimate of drug-likeness (QED) is 0.785. The van der Waals surface area contributed by atoms with Crippen molar-refractivity contribution in [3.05, 3.63) is 58.3 Å². The first-order valence-corrected chi connectivity index (χ1v) is 8.15. The highest BCUT2D eigenvalue weighted by molar-refractivity contribution is 6.37. The molecule has 1 atom stereocenters. The molecule has 128 valence electrons. The van der Waals surface area contributed by atoms with Gasteiger partial charge in [0.05, 0.1) is 17.1 Å². The number of benzene rings is 2. The van der Waals surface area contributed by atoms with Crippen LogP contribution in [0.3, 0.4) is 0 Å². The molecule has 0 aliphatic heterocycles. The zero-order valence-electron chi connectivity index (χ0n) is 13.1. The van der Waals surface area contributed by atoms with Gasteiger partial charge in [-0.15, -0.1) is 0 Å². The number of carbonyl (C=O) groups is 1. The van der Waals surface area contributed by atoms with Crippen LogP contribution in [0.2, 0.25) is 10.0 Å². The number of amides is 1. The third-order valence-electron chi connectivity index (χ3n) is 3.26. The van der Waals surface area contributed by atoms with Crippen LogP contribution < -0.4 is 15.0 Å². The predicted molar refractivity (Wildman–Crippen MR) is 93.6 cm³/mol. The second kappa shape index (κ2) is 8.87. The molecule has 0 radical (unpaired) electrons. The van der Waals surface area contributed by atoms with Crippen molar-refractivity contribution in [2.75, 3.05) is 32.1 Å². The molecule has 1 unspecified atom stereocenters. The fourth-order valence-corrected chi connectivity index (χ4v) is 2.59. The summed E-state index contributed by atoms with van der Waals surface area (Å²) in [5.41, 5.74) is 0.437. The summed E-state index contributed by atoms with van der Waals surface area (Å²) in [6.07, 6.45) is 0. The van der Waals surface area contributed by atoms with Gasteiger partial charge in [0.2, 0.25) is 0 Å². The van der Waals surface area contributed by atoms with E-state index < -0.39 is 5.82 Å². The van der Waals surface area contributed by atoms with Crippen molar-refractivity contribution in [3.8, 4) is 5.75 Å². The topological polar surface area (TPSA) is 42.8 Å². The molecule has 0 heterocycles. The minimum absolute atomic E-state index is 0.200. The van der Waals surface area contributed by atoms with E-state index in [2.05, 4.69) is 5.32 Å². The lowest BCUT2D eigenvalue weighted by Gasteiger charge is -2.15. The molecule has 7 heteroatoms. The highest BCUT2D eigenvalue weighted by Gasteiger charge is 2.12. The Hall–Kier alpha value is -1.82. The lowest BCUT2D eigenvalue weighted by molar-refractivity contribution is -0.871. The Balaban J connectivity index is 1.76. The largest absolute Gasteiger partial charge is 0.485 e. The van der Waals surface area contributed by atoms with Gasteiger partial charge >= 0.3 is 0 Å². The van der Waals surface area contributed by atoms with Crippen LogP contribution in [-0.4, -0.2) is 32.7 Å². The molecule has 2 rings (SSSR count). The summed E-state index contributed by atoms with van der Waals surface area (Å²) in [7, 11) is 1.86. The molecule has 2 aromatic carbocycles. The van der Waals surface area contributed by atoms with Gasteiger partial charge in [0, 0.05) is 5.69 Å². The molecule has 0 spiro atoms. The molecule has 1 amide bonds. The number of anilines is 1. The predicted octanol–water partition coefficient (Wildman–Crippen LogP) is 2.66. The Morgan fingerprint density at radius 3 is 2.54 bits per heavy atom. The maximum atomic E-state index is 13.1. The summed E-state index contributed by atoms with van der Waals surface area (Å²) in [5.74, 6) is -0.148. The van der Waals surface area contributed by atoms with Crippen molar-refractivity contribution in [1.82, 2.24) is 0 Å². The minimum Gasteiger partial charge on any atom is -0.485 e. The standard InChI is InChI=1S/C17H17Cl2FN2O2/c1-22(8-9-24-17-14(18)6-3-7-15(17)19)11-16(23)21-13-5-2-4-12(20)10-13/h2-7,10H,8-9,11H2,1H3,(H,21,23)/p+1. The van der Waals surface area contributed by atoms with E-state index in [0.717, 1.165) is 4.90 Å². The highest BCUT2D eigenvalue weighted by Crippen LogP contribution is 2.31. The van der Waals surface area contributed by atoms with Crippen molar-refractivity contribution in [2.45, 2.75) is 0 Å². The maximum Gasteiger partial charge on any atom is 0.279 e. The van der Waals surface area contributed by atoms with Crippen LogP contribution in [0.15, 0.2) is 42.5 Å². The maximum absolute atomic E-state index is 13.1. The first-order chi connectivity index (χ1) is 11.5. The molecule has 4 nitrogen and oxygen atoms in total. The van der Waals surface area contributed by atoms with Gasteiger partial charge < -0.3 is 15.0 Å². The zero-order valence-corrected chi connectivity index (χ0v) is 14.6. The molecule has 24 heavy (non-hydrogen) atoms. The number of quaternary nitrogens is 1. The molecule has 0 fully saturated rings. The molecule has 0 bridgehead atoms. The number of hydrogen-bond acceptors (Lipinski definition) is 2. The van der Waals surface area contributed by atoms with Crippen molar-refractivity contribution in [3.63, 3.8) is 0 Å². The van der Waals surface area contributed by atoms with E-state index in [1.807, 2.05) is 7.05 Å². The van der Waals surface area contributed by atoms with Gasteiger partial charge in [-0.2, -0.15) is 0 Å². The Morgan fingerprint density at radius 1 is 1.21 bits per heavy atom. The summed E-state index contributed by atoms with van der Waals surface area (Å²) in [6, 6.07) is 10.9. The summed E-state index contributed by atoms with van der Waals surface area (Å²) in [6.45, 7) is 1.18. The fraction of sp³-hybridized carbons (Fsp3) is 0.235. The molecule has 0 saturated carbocycles. The van der Waals surface area contributed by atoms with Gasteiger partial charge in [-0.1, -0.05) is 35.3 Å². The SMILES string of the molecule is C[NH+](CCOc1c(Cl)cccc1Cl)CC(=O)Nc1cccc(F)c1. The molecule has 0 aromatic heterocycles. The van der Waals surface area contributed by atoms with E-state index in [1.165, 1.54) is 12.1 Å². The van der Waals surface area contributed by atoms with Crippen molar-refractivity contribution in [1.29, 1.82) is 0 Å². The second-order valence-electron chi connectivity index (χ2n) is 5.34. The van der Waals surface area contributed by atoms with Crippen LogP contribution in [0.25, 0.3) is 0 Å². The number of halogens is 3. The number of likely N-dealkylation sites (N-methyl/N-ethyl adjacent to an activating group) is 1. The van der Waals surface area contributed by atoms with Crippen molar-refractivity contribution < 1.29 is 18.8 Å². The lowest BCUT2D eigenvalue weighted by atomic mass is 10.3. The second-order valence-corrected chi connectivity index (χ2v) is 6.16. The van der Waals surface area contributed by atoms with Crippen LogP contribution in [0, 0.1) is 5.82 Å². The number of rotatable bonds is 7. The van der Waals surface area contributed by atoms with Gasteiger partial charge in [0.15, 0.2) is 12.3 Å². The number of ether oxygens (including phenoxy) is 1. The minimum atomic E-state index is -0.390. The third kappa shape index (κ3) is 5.67. The highest BCUT2D eigenvalue weighted by atomic mass is 35.5. The van der Waals surface area contributed by atoms with Crippen LogP contribution in [-0.2, 0) is 4.79 Å². The van der Waals surface area contributed by atoms with Crippen molar-refractivity contribution in [2.24, 2.45) is 0 Å². The Labute approximate surface area is 150 Å². The molecule has 2 aromatic rings. The summed E-state index contributed by atoms with van der Waals surface area (Å²) >= 11 is 12.0. The number of para-hydroxylation sites is 1. The van der Waals surface area contributed by atoms with Gasteiger partial charge in [0.25, 0.3) is 5.91 Å². The molecular formula is C17H18Cl2FN2O2+. The first-order valence-electron chi connectivity index (χ1n) is 7.39. The molecular weight excluding hydrogens is 354 g/mol. The van der Waals surface area contributed by atoms with Crippen LogP contribution in [0.4, 0.5) is 10.1 Å². The van der Waals surface area contributed by atoms with E-state index in [1.54, 1.807) is 30.3 Å². The van der Waals surface area contributed by atoms with Crippen LogP contribution in [0.5, 0.6) is 5.75 Å². The molecule has 0 saturated heterocycles. The van der Waals surface area contributed by atoms with Gasteiger partial charge in [-0.3, -0.25) is 4.79 Å². The van der Waals surface area contributed by atoms with Gasteiger partial charge in [-0.05, 0) is 30.3 Å². The summed E-state index contributed by atoms with van der Waals surface area (Å²) in [5, 5.41) is 3.55. The zero-order chi connectivity index (χ0) is 17.5. The summed E-state index contributed by atoms with van der Waals surface area (Å²) in [4.78, 5) is 12.9. The summed E-state index contributed by atoms with van der Waals surface area (Å²) < 4.78 is 18.7. The molecule has 2 N–H and O–H groups in total. The van der Waals surface area contributed by atoms with Gasteiger partial charge in [-0.25, -0.2) is 4.39 Å². The van der Waals surface area contributed by atoms with E-state index in [9.17, 15) is 9.18 Å². The van der Waals surface area contributed by atoms with E-state index in [0.29, 0.717) is 34.6 Å². The monoisotopic (exact) mass is 371 g/mol. The average Bonchev–Trinajstić information content (AvgIpc) is 2.50. The van der Waals surface area contributed by atoms with Gasteiger partial charge in [0.1, 0.15) is 19.0 Å². The van der Waals surface area contributed by atoms with Crippen molar-refractivity contribution >= 4 is 34.8 Å². The number of nitrogens with one attached hydrogen (secondary N) is 2. The average molecular weight is 372 g/mol. The van der Waals surface area contributed by atoms with E-state index in [-0.39, 0.29) is 12.5 Å². The normalized spacial score (nSPS) is 11.8. The third-order valence-corrected chi connectivity index (χ3v) is 3.86. The number of hydrogen-bond donors (Lipinski definition) is 2. The molecule has 0 aliphatic carbocycles. The van der Waals surface area contributed by atoms with Crippen LogP contribution in [0.1, 0.15) is 0 Å². The fourth-order valence-electron chi connectivity index (χ4n) is 2.08. The smallest absolute Gasteiger partial charge is 0.279 e. The Bertz CT molecular complexity index is 692. The number of carbonyl (C=O) groups excluding carboxylic acids is 1. The first kappa shape index (κ1) is 18.5. The lowest BCUT2D eigenvalue weighted by Crippen LogP contribution is -3.10. The van der Waals surface area contributed by atoms with E-state index in [4.69, 9.17) is 27.9 Å². The van der Waals surface area contributed by atoms with Crippen LogP contribution >= 0.6 is 23.2 Å². The molecule has 0 aliphatic rings.